The van der Waals surface area contributed by atoms with Crippen LogP contribution in [0.2, 0.25) is 0 Å². The molecule has 0 fully saturated rings. The molecule has 1 aliphatic rings. The van der Waals surface area contributed by atoms with Gasteiger partial charge in [-0.05, 0) is 29.8 Å². The molecule has 1 heterocycles. The highest BCUT2D eigenvalue weighted by molar-refractivity contribution is 9.10. The molecule has 0 aliphatic carbocycles. The number of ether oxygens (including phenoxy) is 1. The van der Waals surface area contributed by atoms with Crippen LogP contribution in [0, 0.1) is 0 Å². The molecule has 108 valence electrons. The average Bonchev–Trinajstić information content (AvgIpc) is 2.97. The Morgan fingerprint density at radius 3 is 2.57 bits per heavy atom. The number of halogens is 1. The number of nitrogens with zero attached hydrogens (tertiary/aromatic N) is 1. The van der Waals surface area contributed by atoms with E-state index < -0.39 is 6.10 Å². The first kappa shape index (κ1) is 14.3. The summed E-state index contributed by atoms with van der Waals surface area (Å²) in [5.74, 6) is 0.660. The third kappa shape index (κ3) is 3.52. The van der Waals surface area contributed by atoms with Gasteiger partial charge in [0.25, 0.3) is 0 Å². The Labute approximate surface area is 132 Å². The van der Waals surface area contributed by atoms with Gasteiger partial charge in [0.2, 0.25) is 5.90 Å². The maximum Gasteiger partial charge on any atom is 0.216 e. The molecule has 1 aliphatic heterocycles. The molecule has 0 spiro atoms. The Morgan fingerprint density at radius 2 is 1.86 bits per heavy atom. The monoisotopic (exact) mass is 345 g/mol. The van der Waals surface area contributed by atoms with Crippen LogP contribution in [-0.4, -0.2) is 23.7 Å². The van der Waals surface area contributed by atoms with Crippen LogP contribution in [-0.2, 0) is 4.74 Å². The van der Waals surface area contributed by atoms with Crippen LogP contribution in [0.5, 0.6) is 0 Å². The maximum absolute atomic E-state index is 10.2. The second-order valence-corrected chi connectivity index (χ2v) is 5.98. The molecule has 1 N–H and O–H groups in total. The summed E-state index contributed by atoms with van der Waals surface area (Å²) in [5.41, 5.74) is 1.89. The van der Waals surface area contributed by atoms with Gasteiger partial charge in [-0.15, -0.1) is 0 Å². The Bertz CT molecular complexity index is 625. The quantitative estimate of drug-likeness (QED) is 0.917. The van der Waals surface area contributed by atoms with E-state index in [1.165, 1.54) is 0 Å². The third-order valence-electron chi connectivity index (χ3n) is 3.48. The summed E-state index contributed by atoms with van der Waals surface area (Å²) in [6, 6.07) is 17.5. The minimum Gasteiger partial charge on any atom is -0.475 e. The molecule has 0 saturated carbocycles. The predicted octanol–water partition coefficient (Wildman–Crippen LogP) is 3.72. The molecular weight excluding hydrogens is 330 g/mol. The van der Waals surface area contributed by atoms with Gasteiger partial charge in [-0.1, -0.05) is 46.3 Å². The van der Waals surface area contributed by atoms with Gasteiger partial charge in [-0.3, -0.25) is 0 Å². The second kappa shape index (κ2) is 6.41. The normalized spacial score (nSPS) is 19.0. The van der Waals surface area contributed by atoms with Crippen molar-refractivity contribution in [3.8, 4) is 0 Å². The summed E-state index contributed by atoms with van der Waals surface area (Å²) in [7, 11) is 0. The van der Waals surface area contributed by atoms with Gasteiger partial charge in [0.15, 0.2) is 0 Å². The van der Waals surface area contributed by atoms with E-state index in [1.807, 2.05) is 54.6 Å². The molecular formula is C17H16BrNO2. The lowest BCUT2D eigenvalue weighted by atomic mass is 10.0. The van der Waals surface area contributed by atoms with E-state index in [2.05, 4.69) is 20.9 Å². The Balaban J connectivity index is 1.67. The van der Waals surface area contributed by atoms with Crippen molar-refractivity contribution in [1.29, 1.82) is 0 Å². The summed E-state index contributed by atoms with van der Waals surface area (Å²) in [5, 5.41) is 10.2. The maximum atomic E-state index is 10.2. The first-order chi connectivity index (χ1) is 10.2. The molecule has 2 aromatic rings. The van der Waals surface area contributed by atoms with Gasteiger partial charge < -0.3 is 9.84 Å². The van der Waals surface area contributed by atoms with Gasteiger partial charge in [0.1, 0.15) is 6.61 Å². The van der Waals surface area contributed by atoms with Crippen LogP contribution in [0.4, 0.5) is 0 Å². The third-order valence-corrected chi connectivity index (χ3v) is 4.01. The summed E-state index contributed by atoms with van der Waals surface area (Å²) >= 11 is 3.41. The van der Waals surface area contributed by atoms with E-state index in [0.717, 1.165) is 15.6 Å². The Morgan fingerprint density at radius 1 is 1.14 bits per heavy atom. The first-order valence-corrected chi connectivity index (χ1v) is 7.71. The van der Waals surface area contributed by atoms with E-state index in [4.69, 9.17) is 4.74 Å². The Hall–Kier alpha value is -1.65. The summed E-state index contributed by atoms with van der Waals surface area (Å²) < 4.78 is 6.68. The fraction of sp³-hybridized carbons (Fsp3) is 0.235. The van der Waals surface area contributed by atoms with E-state index in [-0.39, 0.29) is 6.04 Å². The largest absolute Gasteiger partial charge is 0.475 e. The van der Waals surface area contributed by atoms with Crippen LogP contribution in [0.1, 0.15) is 23.7 Å². The van der Waals surface area contributed by atoms with E-state index in [1.54, 1.807) is 0 Å². The van der Waals surface area contributed by atoms with Crippen molar-refractivity contribution < 1.29 is 9.84 Å². The van der Waals surface area contributed by atoms with Crippen molar-refractivity contribution >= 4 is 21.8 Å². The van der Waals surface area contributed by atoms with Gasteiger partial charge in [0.05, 0.1) is 12.1 Å². The minimum absolute atomic E-state index is 0.00106. The predicted molar refractivity (Wildman–Crippen MR) is 86.4 cm³/mol. The van der Waals surface area contributed by atoms with Crippen LogP contribution in [0.15, 0.2) is 64.1 Å². The molecule has 0 aromatic heterocycles. The molecule has 0 bridgehead atoms. The number of aliphatic hydroxyl groups excluding tert-OH is 1. The molecule has 0 saturated heterocycles. The smallest absolute Gasteiger partial charge is 0.216 e. The molecule has 2 atom stereocenters. The lowest BCUT2D eigenvalue weighted by Gasteiger charge is -2.12. The number of aliphatic hydroxyl groups is 1. The topological polar surface area (TPSA) is 41.8 Å². The molecule has 2 aromatic carbocycles. The zero-order valence-corrected chi connectivity index (χ0v) is 13.0. The highest BCUT2D eigenvalue weighted by Gasteiger charge is 2.23. The van der Waals surface area contributed by atoms with Crippen molar-refractivity contribution in [1.82, 2.24) is 0 Å². The average molecular weight is 346 g/mol. The van der Waals surface area contributed by atoms with Crippen molar-refractivity contribution in [2.75, 3.05) is 6.61 Å². The van der Waals surface area contributed by atoms with Crippen LogP contribution < -0.4 is 0 Å². The second-order valence-electron chi connectivity index (χ2n) is 5.07. The number of rotatable bonds is 4. The highest BCUT2D eigenvalue weighted by Crippen LogP contribution is 2.23. The SMILES string of the molecule is O[C@H](C[C@H]1COC(c2ccc(Br)cc2)=N1)c1ccccc1. The fourth-order valence-corrected chi connectivity index (χ4v) is 2.62. The lowest BCUT2D eigenvalue weighted by molar-refractivity contribution is 0.151. The standard InChI is InChI=1S/C17H16BrNO2/c18-14-8-6-13(7-9-14)17-19-15(11-21-17)10-16(20)12-4-2-1-3-5-12/h1-9,15-16,20H,10-11H2/t15-,16+/m0/s1. The molecule has 21 heavy (non-hydrogen) atoms. The van der Waals surface area contributed by atoms with Crippen molar-refractivity contribution in [2.45, 2.75) is 18.6 Å². The fourth-order valence-electron chi connectivity index (χ4n) is 2.36. The first-order valence-electron chi connectivity index (χ1n) is 6.92. The lowest BCUT2D eigenvalue weighted by Crippen LogP contribution is -2.11. The highest BCUT2D eigenvalue weighted by atomic mass is 79.9. The number of hydrogen-bond acceptors (Lipinski definition) is 3. The van der Waals surface area contributed by atoms with E-state index >= 15 is 0 Å². The minimum atomic E-state index is -0.507. The molecule has 0 radical (unpaired) electrons. The van der Waals surface area contributed by atoms with Gasteiger partial charge in [-0.25, -0.2) is 4.99 Å². The summed E-state index contributed by atoms with van der Waals surface area (Å²) in [6.07, 6.45) is 0.0668. The Kier molecular flexibility index (Phi) is 4.36. The van der Waals surface area contributed by atoms with Gasteiger partial charge >= 0.3 is 0 Å². The molecule has 0 amide bonds. The summed E-state index contributed by atoms with van der Waals surface area (Å²) in [4.78, 5) is 4.57. The summed E-state index contributed by atoms with van der Waals surface area (Å²) in [6.45, 7) is 0.523. The van der Waals surface area contributed by atoms with Gasteiger partial charge in [-0.2, -0.15) is 0 Å². The number of aliphatic imine (C=N–C) groups is 1. The number of benzene rings is 2. The van der Waals surface area contributed by atoms with Crippen LogP contribution in [0.25, 0.3) is 0 Å². The zero-order chi connectivity index (χ0) is 14.7. The van der Waals surface area contributed by atoms with Crippen LogP contribution >= 0.6 is 15.9 Å². The van der Waals surface area contributed by atoms with E-state index in [9.17, 15) is 5.11 Å². The van der Waals surface area contributed by atoms with Crippen molar-refractivity contribution in [3.05, 3.63) is 70.2 Å². The number of hydrogen-bond donors (Lipinski definition) is 1. The molecule has 4 heteroatoms. The van der Waals surface area contributed by atoms with Crippen molar-refractivity contribution in [2.24, 2.45) is 4.99 Å². The van der Waals surface area contributed by atoms with Crippen LogP contribution in [0.3, 0.4) is 0 Å². The molecule has 0 unspecified atom stereocenters. The van der Waals surface area contributed by atoms with Gasteiger partial charge in [0, 0.05) is 16.5 Å². The van der Waals surface area contributed by atoms with Crippen molar-refractivity contribution in [3.63, 3.8) is 0 Å². The zero-order valence-electron chi connectivity index (χ0n) is 11.4. The molecule has 3 nitrogen and oxygen atoms in total. The molecule has 3 rings (SSSR count). The van der Waals surface area contributed by atoms with E-state index in [0.29, 0.717) is 18.9 Å².